The molecule has 0 spiro atoms. The average Bonchev–Trinajstić information content (AvgIpc) is 2.36. The Morgan fingerprint density at radius 2 is 1.79 bits per heavy atom. The van der Waals surface area contributed by atoms with Crippen LogP contribution in [0.5, 0.6) is 5.75 Å². The first-order valence-corrected chi connectivity index (χ1v) is 6.86. The molecule has 2 aromatic carbocycles. The molecular formula is C13H12FNO3S. The van der Waals surface area contributed by atoms with Crippen molar-refractivity contribution in [1.29, 1.82) is 0 Å². The minimum Gasteiger partial charge on any atom is -0.381 e. The number of benzene rings is 2. The maximum atomic E-state index is 12.4. The smallest absolute Gasteiger partial charge is 0.381 e. The lowest BCUT2D eigenvalue weighted by Gasteiger charge is -2.07. The number of halogens is 1. The van der Waals surface area contributed by atoms with Crippen LogP contribution < -0.4 is 9.50 Å². The molecule has 2 aromatic rings. The van der Waals surface area contributed by atoms with Gasteiger partial charge in [0, 0.05) is 12.2 Å². The van der Waals surface area contributed by atoms with E-state index in [1.807, 2.05) is 30.3 Å². The maximum absolute atomic E-state index is 12.4. The molecule has 19 heavy (non-hydrogen) atoms. The molecule has 2 rings (SSSR count). The molecule has 0 atom stereocenters. The molecule has 0 bridgehead atoms. The summed E-state index contributed by atoms with van der Waals surface area (Å²) in [5.74, 6) is -0.0464. The van der Waals surface area contributed by atoms with E-state index in [0.29, 0.717) is 6.54 Å². The predicted octanol–water partition coefficient (Wildman–Crippen LogP) is 2.89. The number of hydrogen-bond acceptors (Lipinski definition) is 4. The van der Waals surface area contributed by atoms with Gasteiger partial charge in [-0.1, -0.05) is 34.2 Å². The summed E-state index contributed by atoms with van der Waals surface area (Å²) in [4.78, 5) is 0. The van der Waals surface area contributed by atoms with E-state index in [1.165, 1.54) is 12.1 Å². The molecular weight excluding hydrogens is 269 g/mol. The monoisotopic (exact) mass is 281 g/mol. The highest BCUT2D eigenvalue weighted by atomic mass is 32.3. The number of nitrogens with one attached hydrogen (secondary N) is 1. The Kier molecular flexibility index (Phi) is 4.01. The molecule has 0 fully saturated rings. The molecule has 0 aliphatic rings. The van der Waals surface area contributed by atoms with E-state index in [9.17, 15) is 12.3 Å². The summed E-state index contributed by atoms with van der Waals surface area (Å²) < 4.78 is 37.3. The molecule has 0 radical (unpaired) electrons. The lowest BCUT2D eigenvalue weighted by Crippen LogP contribution is -2.03. The summed E-state index contributed by atoms with van der Waals surface area (Å²) in [6.07, 6.45) is 0. The van der Waals surface area contributed by atoms with Gasteiger partial charge in [0.15, 0.2) is 0 Å². The van der Waals surface area contributed by atoms with Gasteiger partial charge in [0.05, 0.1) is 0 Å². The zero-order valence-corrected chi connectivity index (χ0v) is 10.7. The van der Waals surface area contributed by atoms with E-state index >= 15 is 0 Å². The second kappa shape index (κ2) is 5.71. The first kappa shape index (κ1) is 13.4. The Bertz CT molecular complexity index is 644. The van der Waals surface area contributed by atoms with Crippen molar-refractivity contribution in [1.82, 2.24) is 0 Å². The summed E-state index contributed by atoms with van der Waals surface area (Å²) in [7, 11) is -4.98. The normalized spacial score (nSPS) is 11.0. The van der Waals surface area contributed by atoms with Gasteiger partial charge in [0.2, 0.25) is 0 Å². The Hall–Kier alpha value is -2.08. The number of hydrogen-bond donors (Lipinski definition) is 1. The van der Waals surface area contributed by atoms with E-state index in [2.05, 4.69) is 9.50 Å². The molecule has 100 valence electrons. The van der Waals surface area contributed by atoms with E-state index in [1.54, 1.807) is 12.1 Å². The fourth-order valence-electron chi connectivity index (χ4n) is 1.58. The molecule has 0 aliphatic carbocycles. The molecule has 0 saturated carbocycles. The van der Waals surface area contributed by atoms with Crippen molar-refractivity contribution >= 4 is 16.2 Å². The summed E-state index contributed by atoms with van der Waals surface area (Å²) in [5.41, 5.74) is 1.72. The van der Waals surface area contributed by atoms with Crippen molar-refractivity contribution in [3.05, 3.63) is 60.2 Å². The Labute approximate surface area is 111 Å². The number of rotatable bonds is 5. The van der Waals surface area contributed by atoms with Crippen LogP contribution in [-0.2, 0) is 17.0 Å². The van der Waals surface area contributed by atoms with Crippen molar-refractivity contribution in [2.75, 3.05) is 5.32 Å². The summed E-state index contributed by atoms with van der Waals surface area (Å²) in [6, 6.07) is 15.8. The van der Waals surface area contributed by atoms with Crippen LogP contribution in [-0.4, -0.2) is 8.42 Å². The van der Waals surface area contributed by atoms with E-state index in [0.717, 1.165) is 11.3 Å². The maximum Gasteiger partial charge on any atom is 0.488 e. The van der Waals surface area contributed by atoms with Crippen molar-refractivity contribution in [2.45, 2.75) is 6.54 Å². The van der Waals surface area contributed by atoms with Gasteiger partial charge >= 0.3 is 10.5 Å². The third kappa shape index (κ3) is 4.59. The molecule has 4 nitrogen and oxygen atoms in total. The third-order valence-corrected chi connectivity index (χ3v) is 2.76. The largest absolute Gasteiger partial charge is 0.488 e. The highest BCUT2D eigenvalue weighted by molar-refractivity contribution is 7.81. The minimum atomic E-state index is -4.98. The first-order valence-electron chi connectivity index (χ1n) is 5.55. The fraction of sp³-hybridized carbons (Fsp3) is 0.0769. The SMILES string of the molecule is O=S(=O)(F)Oc1cccc(CNc2ccccc2)c1. The zero-order valence-electron chi connectivity index (χ0n) is 9.91. The van der Waals surface area contributed by atoms with Crippen LogP contribution in [0.1, 0.15) is 5.56 Å². The molecule has 6 heteroatoms. The number of anilines is 1. The van der Waals surface area contributed by atoms with Crippen LogP contribution >= 0.6 is 0 Å². The highest BCUT2D eigenvalue weighted by Crippen LogP contribution is 2.17. The second-order valence-electron chi connectivity index (χ2n) is 3.84. The van der Waals surface area contributed by atoms with E-state index in [4.69, 9.17) is 0 Å². The van der Waals surface area contributed by atoms with Crippen molar-refractivity contribution < 1.29 is 16.5 Å². The molecule has 0 unspecified atom stereocenters. The van der Waals surface area contributed by atoms with Gasteiger partial charge in [-0.25, -0.2) is 0 Å². The van der Waals surface area contributed by atoms with Gasteiger partial charge in [0.25, 0.3) is 0 Å². The van der Waals surface area contributed by atoms with Gasteiger partial charge in [-0.3, -0.25) is 0 Å². The fourth-order valence-corrected chi connectivity index (χ4v) is 1.92. The lowest BCUT2D eigenvalue weighted by atomic mass is 10.2. The van der Waals surface area contributed by atoms with Gasteiger partial charge in [0.1, 0.15) is 5.75 Å². The molecule has 1 N–H and O–H groups in total. The van der Waals surface area contributed by atoms with Crippen LogP contribution in [0.2, 0.25) is 0 Å². The van der Waals surface area contributed by atoms with Crippen molar-refractivity contribution in [2.24, 2.45) is 0 Å². The Balaban J connectivity index is 2.03. The summed E-state index contributed by atoms with van der Waals surface area (Å²) in [6.45, 7) is 0.480. The molecule has 0 aromatic heterocycles. The Morgan fingerprint density at radius 1 is 1.05 bits per heavy atom. The van der Waals surface area contributed by atoms with Crippen molar-refractivity contribution in [3.8, 4) is 5.75 Å². The van der Waals surface area contributed by atoms with Crippen LogP contribution in [0, 0.1) is 0 Å². The quantitative estimate of drug-likeness (QED) is 0.856. The van der Waals surface area contributed by atoms with Gasteiger partial charge < -0.3 is 9.50 Å². The molecule has 0 heterocycles. The lowest BCUT2D eigenvalue weighted by molar-refractivity contribution is 0.440. The Morgan fingerprint density at radius 3 is 2.47 bits per heavy atom. The predicted molar refractivity (Wildman–Crippen MR) is 70.9 cm³/mol. The van der Waals surface area contributed by atoms with Gasteiger partial charge in [-0.15, -0.1) is 0 Å². The summed E-state index contributed by atoms with van der Waals surface area (Å²) >= 11 is 0. The topological polar surface area (TPSA) is 55.4 Å². The van der Waals surface area contributed by atoms with Crippen LogP contribution in [0.15, 0.2) is 54.6 Å². The molecule has 0 aliphatic heterocycles. The third-order valence-electron chi connectivity index (χ3n) is 2.36. The van der Waals surface area contributed by atoms with Gasteiger partial charge in [-0.05, 0) is 29.8 Å². The summed E-state index contributed by atoms with van der Waals surface area (Å²) in [5, 5.41) is 3.15. The van der Waals surface area contributed by atoms with Crippen LogP contribution in [0.4, 0.5) is 9.57 Å². The molecule has 0 amide bonds. The minimum absolute atomic E-state index is 0.0464. The molecule has 0 saturated heterocycles. The van der Waals surface area contributed by atoms with Crippen LogP contribution in [0.25, 0.3) is 0 Å². The average molecular weight is 281 g/mol. The van der Waals surface area contributed by atoms with E-state index < -0.39 is 10.5 Å². The van der Waals surface area contributed by atoms with Crippen molar-refractivity contribution in [3.63, 3.8) is 0 Å². The zero-order chi connectivity index (χ0) is 13.7. The van der Waals surface area contributed by atoms with Crippen LogP contribution in [0.3, 0.4) is 0 Å². The second-order valence-corrected chi connectivity index (χ2v) is 4.80. The highest BCUT2D eigenvalue weighted by Gasteiger charge is 2.09. The standard InChI is InChI=1S/C13H12FNO3S/c14-19(16,17)18-13-8-4-5-11(9-13)10-15-12-6-2-1-3-7-12/h1-9,15H,10H2. The van der Waals surface area contributed by atoms with Gasteiger partial charge in [-0.2, -0.15) is 8.42 Å². The number of para-hydroxylation sites is 1. The van der Waals surface area contributed by atoms with E-state index in [-0.39, 0.29) is 5.75 Å². The first-order chi connectivity index (χ1) is 9.03.